The Bertz CT molecular complexity index is 3970. The van der Waals surface area contributed by atoms with E-state index in [1.54, 1.807) is 48.5 Å². The van der Waals surface area contributed by atoms with E-state index in [4.69, 9.17) is 0 Å². The van der Waals surface area contributed by atoms with Crippen molar-refractivity contribution in [1.82, 2.24) is 9.13 Å². The minimum Gasteiger partial charge on any atom is -0.309 e. The third-order valence-electron chi connectivity index (χ3n) is 11.7. The van der Waals surface area contributed by atoms with Gasteiger partial charge in [0.05, 0.1) is 109 Å². The normalized spacial score (nSPS) is 10.7. The first kappa shape index (κ1) is 38.0. The first-order valence-corrected chi connectivity index (χ1v) is 19.9. The summed E-state index contributed by atoms with van der Waals surface area (Å²) in [4.78, 5) is 0. The summed E-state index contributed by atoms with van der Waals surface area (Å²) in [5.41, 5.74) is 10.8. The first-order valence-electron chi connectivity index (χ1n) is 19.9. The zero-order valence-corrected chi connectivity index (χ0v) is 33.5. The van der Waals surface area contributed by atoms with Crippen LogP contribution < -0.4 is 0 Å². The second-order valence-electron chi connectivity index (χ2n) is 15.2. The maximum absolute atomic E-state index is 11.2. The smallest absolute Gasteiger partial charge is 0.101 e. The maximum atomic E-state index is 11.2. The molecule has 0 saturated carbocycles. The minimum absolute atomic E-state index is 0.289. The monoisotopic (exact) mass is 811 g/mol. The van der Waals surface area contributed by atoms with Gasteiger partial charge in [0, 0.05) is 27.1 Å². The molecule has 10 aromatic rings. The number of fused-ring (bicyclic) bond motifs is 6. The van der Waals surface area contributed by atoms with E-state index < -0.39 is 0 Å². The van der Waals surface area contributed by atoms with Crippen molar-refractivity contribution in [3.05, 3.63) is 191 Å². The number of aromatic nitrogens is 2. The summed E-state index contributed by atoms with van der Waals surface area (Å²) in [6.07, 6.45) is 0. The fourth-order valence-electron chi connectivity index (χ4n) is 8.89. The average molecular weight is 812 g/mol. The molecule has 0 radical (unpaired) electrons. The third-order valence-corrected chi connectivity index (χ3v) is 11.7. The van der Waals surface area contributed by atoms with E-state index in [9.17, 15) is 36.8 Å². The quantitative estimate of drug-likeness (QED) is 0.166. The van der Waals surface area contributed by atoms with Crippen molar-refractivity contribution in [2.45, 2.75) is 0 Å². The average Bonchev–Trinajstić information content (AvgIpc) is 3.87. The molecule has 0 fully saturated rings. The fraction of sp³-hybridized carbons (Fsp3) is 0. The maximum Gasteiger partial charge on any atom is 0.101 e. The van der Waals surface area contributed by atoms with Crippen molar-refractivity contribution in [1.29, 1.82) is 36.8 Å². The lowest BCUT2D eigenvalue weighted by Crippen LogP contribution is -2.04. The van der Waals surface area contributed by atoms with Crippen LogP contribution in [0.5, 0.6) is 0 Å². The molecular weight excluding hydrogens is 787 g/mol. The zero-order valence-electron chi connectivity index (χ0n) is 33.5. The van der Waals surface area contributed by atoms with Gasteiger partial charge in [0.1, 0.15) is 6.07 Å². The van der Waals surface area contributed by atoms with Gasteiger partial charge in [-0.1, -0.05) is 72.8 Å². The SMILES string of the molecule is N#Cc1cc(C#N)cc(-c2cc(-n3c4ccccc4c4ccc(-c5ccc(C#N)cc5C#N)cc43)c(C#N)cc2-n2c3ccccc3c3ccc(-c4ccc(C#N)cc4C#N)cc32)c1. The lowest BCUT2D eigenvalue weighted by atomic mass is 9.95. The molecule has 0 saturated heterocycles. The van der Waals surface area contributed by atoms with E-state index >= 15 is 0 Å². The predicted octanol–water partition coefficient (Wildman–Crippen LogP) is 12.0. The molecule has 0 atom stereocenters. The highest BCUT2D eigenvalue weighted by Crippen LogP contribution is 2.43. The molecule has 0 aliphatic heterocycles. The minimum atomic E-state index is 0.289. The zero-order chi connectivity index (χ0) is 44.1. The molecule has 64 heavy (non-hydrogen) atoms. The number of nitrogens with zero attached hydrogens (tertiary/aromatic N) is 9. The van der Waals surface area contributed by atoms with Crippen LogP contribution in [0, 0.1) is 79.3 Å². The highest BCUT2D eigenvalue weighted by atomic mass is 15.0. The van der Waals surface area contributed by atoms with Gasteiger partial charge in [0.2, 0.25) is 0 Å². The molecule has 0 spiro atoms. The Hall–Kier alpha value is -10.2. The van der Waals surface area contributed by atoms with Crippen LogP contribution >= 0.6 is 0 Å². The van der Waals surface area contributed by atoms with Gasteiger partial charge in [-0.15, -0.1) is 0 Å². The Balaban J connectivity index is 1.32. The molecular formula is C55H25N9. The number of nitriles is 7. The largest absolute Gasteiger partial charge is 0.309 e. The van der Waals surface area contributed by atoms with Crippen molar-refractivity contribution in [3.63, 3.8) is 0 Å². The molecule has 0 unspecified atom stereocenters. The molecule has 2 aromatic heterocycles. The standard InChI is InChI=1S/C55H25N9/c56-26-33-9-13-43(40(18-33)30-60)37-11-15-47-45-5-1-3-7-50(45)63(53(47)22-37)52-25-49(39-20-35(28-58)17-36(21-39)29-59)55(24-42(52)32-62)64-51-8-4-2-6-46(51)48-16-12-38(23-54(48)64)44-14-10-34(27-57)19-41(44)31-61/h1-25H. The van der Waals surface area contributed by atoms with Gasteiger partial charge in [-0.2, -0.15) is 36.8 Å². The molecule has 8 aromatic carbocycles. The lowest BCUT2D eigenvalue weighted by Gasteiger charge is -2.19. The molecule has 10 rings (SSSR count). The summed E-state index contributed by atoms with van der Waals surface area (Å²) < 4.78 is 4.11. The lowest BCUT2D eigenvalue weighted by molar-refractivity contribution is 1.14. The highest BCUT2D eigenvalue weighted by Gasteiger charge is 2.23. The van der Waals surface area contributed by atoms with Gasteiger partial charge < -0.3 is 9.13 Å². The Kier molecular flexibility index (Phi) is 8.98. The van der Waals surface area contributed by atoms with Gasteiger partial charge in [-0.3, -0.25) is 0 Å². The van der Waals surface area contributed by atoms with E-state index in [0.717, 1.165) is 54.7 Å². The Morgan fingerprint density at radius 2 is 0.734 bits per heavy atom. The fourth-order valence-corrected chi connectivity index (χ4v) is 8.89. The molecule has 0 N–H and O–H groups in total. The highest BCUT2D eigenvalue weighted by molar-refractivity contribution is 6.12. The number of rotatable bonds is 5. The predicted molar refractivity (Wildman–Crippen MR) is 244 cm³/mol. The van der Waals surface area contributed by atoms with Crippen LogP contribution in [0.1, 0.15) is 38.9 Å². The first-order chi connectivity index (χ1) is 31.4. The molecule has 0 bridgehead atoms. The van der Waals surface area contributed by atoms with Crippen molar-refractivity contribution in [2.24, 2.45) is 0 Å². The van der Waals surface area contributed by atoms with Gasteiger partial charge in [0.25, 0.3) is 0 Å². The molecule has 9 nitrogen and oxygen atoms in total. The topological polar surface area (TPSA) is 176 Å². The van der Waals surface area contributed by atoms with Crippen molar-refractivity contribution < 1.29 is 0 Å². The number of para-hydroxylation sites is 2. The van der Waals surface area contributed by atoms with Crippen molar-refractivity contribution in [2.75, 3.05) is 0 Å². The summed E-state index contributed by atoms with van der Waals surface area (Å²) in [6.45, 7) is 0. The van der Waals surface area contributed by atoms with Gasteiger partial charge in [-0.25, -0.2) is 0 Å². The molecule has 290 valence electrons. The van der Waals surface area contributed by atoms with Gasteiger partial charge in [0.15, 0.2) is 0 Å². The summed E-state index contributed by atoms with van der Waals surface area (Å²) in [5.74, 6) is 0. The molecule has 0 aliphatic rings. The summed E-state index contributed by atoms with van der Waals surface area (Å²) in [5, 5.41) is 74.7. The Morgan fingerprint density at radius 1 is 0.281 bits per heavy atom. The summed E-state index contributed by atoms with van der Waals surface area (Å²) in [7, 11) is 0. The van der Waals surface area contributed by atoms with Crippen LogP contribution in [-0.2, 0) is 0 Å². The van der Waals surface area contributed by atoms with E-state index in [2.05, 4.69) is 47.1 Å². The van der Waals surface area contributed by atoms with Crippen LogP contribution in [0.3, 0.4) is 0 Å². The van der Waals surface area contributed by atoms with E-state index in [0.29, 0.717) is 61.4 Å². The summed E-state index contributed by atoms with van der Waals surface area (Å²) in [6, 6.07) is 62.3. The van der Waals surface area contributed by atoms with E-state index in [1.165, 1.54) is 6.07 Å². The molecule has 2 heterocycles. The second kappa shape index (κ2) is 15.1. The second-order valence-corrected chi connectivity index (χ2v) is 15.2. The van der Waals surface area contributed by atoms with Crippen LogP contribution in [0.25, 0.3) is 88.4 Å². The molecule has 9 heteroatoms. The van der Waals surface area contributed by atoms with E-state index in [-0.39, 0.29) is 11.1 Å². The Labute approximate surface area is 366 Å². The number of hydrogen-bond acceptors (Lipinski definition) is 7. The van der Waals surface area contributed by atoms with Crippen LogP contribution in [0.2, 0.25) is 0 Å². The van der Waals surface area contributed by atoms with Crippen molar-refractivity contribution in [3.8, 4) is 87.2 Å². The number of benzene rings is 8. The van der Waals surface area contributed by atoms with Crippen LogP contribution in [-0.4, -0.2) is 9.13 Å². The third kappa shape index (κ3) is 5.95. The van der Waals surface area contributed by atoms with E-state index in [1.807, 2.05) is 102 Å². The molecule has 0 aliphatic carbocycles. The van der Waals surface area contributed by atoms with Crippen LogP contribution in [0.4, 0.5) is 0 Å². The summed E-state index contributed by atoms with van der Waals surface area (Å²) >= 11 is 0. The molecule has 0 amide bonds. The number of hydrogen-bond donors (Lipinski definition) is 0. The van der Waals surface area contributed by atoms with Crippen LogP contribution in [0.15, 0.2) is 152 Å². The van der Waals surface area contributed by atoms with Gasteiger partial charge in [-0.05, 0) is 107 Å². The van der Waals surface area contributed by atoms with Crippen molar-refractivity contribution >= 4 is 43.6 Å². The Morgan fingerprint density at radius 3 is 1.20 bits per heavy atom. The van der Waals surface area contributed by atoms with Gasteiger partial charge >= 0.3 is 0 Å².